The molecule has 0 spiro atoms. The van der Waals surface area contributed by atoms with E-state index in [-0.39, 0.29) is 24.9 Å². The van der Waals surface area contributed by atoms with Gasteiger partial charge in [-0.05, 0) is 49.4 Å². The van der Waals surface area contributed by atoms with Gasteiger partial charge in [0.05, 0.1) is 10.0 Å². The lowest BCUT2D eigenvalue weighted by Gasteiger charge is -2.09. The summed E-state index contributed by atoms with van der Waals surface area (Å²) in [5.74, 6) is -0.488. The zero-order valence-corrected chi connectivity index (χ0v) is 16.7. The van der Waals surface area contributed by atoms with Gasteiger partial charge in [-0.25, -0.2) is 4.79 Å². The first-order valence-corrected chi connectivity index (χ1v) is 9.32. The third kappa shape index (κ3) is 6.44. The Kier molecular flexibility index (Phi) is 8.10. The number of carbonyl (C=O) groups is 3. The van der Waals surface area contributed by atoms with Gasteiger partial charge in [-0.3, -0.25) is 9.59 Å². The van der Waals surface area contributed by atoms with Crippen LogP contribution in [0.15, 0.2) is 42.5 Å². The molecule has 0 saturated carbocycles. The molecule has 0 aliphatic carbocycles. The van der Waals surface area contributed by atoms with Crippen molar-refractivity contribution >= 4 is 46.7 Å². The van der Waals surface area contributed by atoms with Gasteiger partial charge in [0, 0.05) is 36.4 Å². The molecule has 7 nitrogen and oxygen atoms in total. The number of anilines is 1. The van der Waals surface area contributed by atoms with Gasteiger partial charge in [0.25, 0.3) is 11.8 Å². The van der Waals surface area contributed by atoms with Crippen molar-refractivity contribution in [2.75, 3.05) is 25.0 Å². The monoisotopic (exact) mass is 422 g/mol. The molecule has 0 aliphatic heterocycles. The lowest BCUT2D eigenvalue weighted by molar-refractivity contribution is 0.0946. The standard InChI is InChI=1S/C19H20Cl2N4O3/c1-2-22-17(26)12-3-6-14(7-4-12)25-19(28)24-10-9-23-18(27)13-5-8-15(20)16(21)11-13/h3-8,11H,2,9-10H2,1H3,(H,22,26)(H,23,27)(H2,24,25,28). The summed E-state index contributed by atoms with van der Waals surface area (Å²) in [5, 5.41) is 11.3. The minimum Gasteiger partial charge on any atom is -0.352 e. The van der Waals surface area contributed by atoms with Crippen LogP contribution in [0.2, 0.25) is 10.0 Å². The maximum atomic E-state index is 12.0. The van der Waals surface area contributed by atoms with Gasteiger partial charge in [0.1, 0.15) is 0 Å². The first-order chi connectivity index (χ1) is 13.4. The SMILES string of the molecule is CCNC(=O)c1ccc(NC(=O)NCCNC(=O)c2ccc(Cl)c(Cl)c2)cc1. The van der Waals surface area contributed by atoms with Gasteiger partial charge in [0.15, 0.2) is 0 Å². The second-order valence-corrected chi connectivity index (χ2v) is 6.52. The van der Waals surface area contributed by atoms with Gasteiger partial charge < -0.3 is 21.3 Å². The van der Waals surface area contributed by atoms with E-state index in [1.807, 2.05) is 6.92 Å². The molecule has 0 bridgehead atoms. The second kappa shape index (κ2) is 10.5. The molecular weight excluding hydrogens is 403 g/mol. The predicted octanol–water partition coefficient (Wildman–Crippen LogP) is 3.29. The van der Waals surface area contributed by atoms with Crippen molar-refractivity contribution < 1.29 is 14.4 Å². The van der Waals surface area contributed by atoms with E-state index in [4.69, 9.17) is 23.2 Å². The summed E-state index contributed by atoms with van der Waals surface area (Å²) in [5.41, 5.74) is 1.44. The summed E-state index contributed by atoms with van der Waals surface area (Å²) in [7, 11) is 0. The number of halogens is 2. The molecule has 148 valence electrons. The summed E-state index contributed by atoms with van der Waals surface area (Å²) in [4.78, 5) is 35.6. The molecule has 4 amide bonds. The number of hydrogen-bond acceptors (Lipinski definition) is 3. The van der Waals surface area contributed by atoms with Crippen LogP contribution in [0.25, 0.3) is 0 Å². The van der Waals surface area contributed by atoms with Crippen LogP contribution in [0.4, 0.5) is 10.5 Å². The molecule has 0 aliphatic rings. The van der Waals surface area contributed by atoms with Crippen LogP contribution in [-0.4, -0.2) is 37.5 Å². The summed E-state index contributed by atoms with van der Waals surface area (Å²) in [6, 6.07) is 10.7. The Morgan fingerprint density at radius 2 is 1.39 bits per heavy atom. The summed E-state index contributed by atoms with van der Waals surface area (Å²) >= 11 is 11.7. The first kappa shape index (κ1) is 21.5. The molecule has 0 radical (unpaired) electrons. The van der Waals surface area contributed by atoms with Crippen molar-refractivity contribution in [2.24, 2.45) is 0 Å². The molecule has 2 rings (SSSR count). The topological polar surface area (TPSA) is 99.3 Å². The number of nitrogens with one attached hydrogen (secondary N) is 4. The van der Waals surface area contributed by atoms with Crippen LogP contribution in [0.3, 0.4) is 0 Å². The number of rotatable bonds is 7. The number of urea groups is 1. The fraction of sp³-hybridized carbons (Fsp3) is 0.211. The molecule has 4 N–H and O–H groups in total. The molecule has 0 saturated heterocycles. The molecular formula is C19H20Cl2N4O3. The van der Waals surface area contributed by atoms with E-state index in [1.54, 1.807) is 36.4 Å². The Balaban J connectivity index is 1.73. The molecule has 0 atom stereocenters. The van der Waals surface area contributed by atoms with E-state index in [9.17, 15) is 14.4 Å². The van der Waals surface area contributed by atoms with Crippen LogP contribution in [0.5, 0.6) is 0 Å². The Labute approximate surface area is 172 Å². The maximum absolute atomic E-state index is 12.0. The number of benzene rings is 2. The van der Waals surface area contributed by atoms with Crippen molar-refractivity contribution in [1.82, 2.24) is 16.0 Å². The lowest BCUT2D eigenvalue weighted by Crippen LogP contribution is -2.36. The number of amides is 4. The minimum atomic E-state index is -0.422. The highest BCUT2D eigenvalue weighted by Crippen LogP contribution is 2.22. The van der Waals surface area contributed by atoms with E-state index in [1.165, 1.54) is 6.07 Å². The van der Waals surface area contributed by atoms with E-state index in [2.05, 4.69) is 21.3 Å². The van der Waals surface area contributed by atoms with Crippen molar-refractivity contribution in [3.63, 3.8) is 0 Å². The molecule has 9 heteroatoms. The Morgan fingerprint density at radius 3 is 2.04 bits per heavy atom. The number of carbonyl (C=O) groups excluding carboxylic acids is 3. The van der Waals surface area contributed by atoms with E-state index >= 15 is 0 Å². The van der Waals surface area contributed by atoms with Crippen molar-refractivity contribution in [1.29, 1.82) is 0 Å². The molecule has 0 heterocycles. The van der Waals surface area contributed by atoms with Gasteiger partial charge in [-0.1, -0.05) is 23.2 Å². The van der Waals surface area contributed by atoms with E-state index in [0.717, 1.165) is 0 Å². The minimum absolute atomic E-state index is 0.170. The number of hydrogen-bond donors (Lipinski definition) is 4. The molecule has 2 aromatic carbocycles. The van der Waals surface area contributed by atoms with E-state index < -0.39 is 6.03 Å². The highest BCUT2D eigenvalue weighted by atomic mass is 35.5. The summed E-state index contributed by atoms with van der Waals surface area (Å²) < 4.78 is 0. The van der Waals surface area contributed by atoms with Crippen LogP contribution in [0, 0.1) is 0 Å². The predicted molar refractivity (Wildman–Crippen MR) is 110 cm³/mol. The van der Waals surface area contributed by atoms with Crippen molar-refractivity contribution in [3.05, 3.63) is 63.6 Å². The molecule has 0 fully saturated rings. The fourth-order valence-corrected chi connectivity index (χ4v) is 2.53. The average Bonchev–Trinajstić information content (AvgIpc) is 2.68. The summed E-state index contributed by atoms with van der Waals surface area (Å²) in [6.45, 7) is 2.85. The maximum Gasteiger partial charge on any atom is 0.319 e. The highest BCUT2D eigenvalue weighted by Gasteiger charge is 2.08. The first-order valence-electron chi connectivity index (χ1n) is 8.57. The Hall–Kier alpha value is -2.77. The zero-order chi connectivity index (χ0) is 20.5. The van der Waals surface area contributed by atoms with Crippen molar-refractivity contribution in [3.8, 4) is 0 Å². The average molecular weight is 423 g/mol. The van der Waals surface area contributed by atoms with Gasteiger partial charge in [-0.15, -0.1) is 0 Å². The molecule has 0 unspecified atom stereocenters. The van der Waals surface area contributed by atoms with Crippen LogP contribution >= 0.6 is 23.2 Å². The van der Waals surface area contributed by atoms with Crippen LogP contribution in [0.1, 0.15) is 27.6 Å². The van der Waals surface area contributed by atoms with E-state index in [0.29, 0.717) is 33.4 Å². The zero-order valence-electron chi connectivity index (χ0n) is 15.1. The molecule has 28 heavy (non-hydrogen) atoms. The van der Waals surface area contributed by atoms with Gasteiger partial charge in [-0.2, -0.15) is 0 Å². The highest BCUT2D eigenvalue weighted by molar-refractivity contribution is 6.42. The second-order valence-electron chi connectivity index (χ2n) is 5.70. The Bertz CT molecular complexity index is 857. The lowest BCUT2D eigenvalue weighted by atomic mass is 10.2. The third-order valence-corrected chi connectivity index (χ3v) is 4.36. The summed E-state index contributed by atoms with van der Waals surface area (Å²) in [6.07, 6.45) is 0. The quantitative estimate of drug-likeness (QED) is 0.515. The molecule has 0 aromatic heterocycles. The Morgan fingerprint density at radius 1 is 0.786 bits per heavy atom. The smallest absolute Gasteiger partial charge is 0.319 e. The van der Waals surface area contributed by atoms with Gasteiger partial charge >= 0.3 is 6.03 Å². The van der Waals surface area contributed by atoms with Crippen molar-refractivity contribution in [2.45, 2.75) is 6.92 Å². The normalized spacial score (nSPS) is 10.1. The van der Waals surface area contributed by atoms with Crippen LogP contribution in [-0.2, 0) is 0 Å². The fourth-order valence-electron chi connectivity index (χ4n) is 2.23. The molecule has 2 aromatic rings. The third-order valence-electron chi connectivity index (χ3n) is 3.62. The largest absolute Gasteiger partial charge is 0.352 e. The van der Waals surface area contributed by atoms with Crippen LogP contribution < -0.4 is 21.3 Å². The van der Waals surface area contributed by atoms with Gasteiger partial charge in [0.2, 0.25) is 0 Å².